The molecule has 1 saturated heterocycles. The van der Waals surface area contributed by atoms with Gasteiger partial charge in [-0.15, -0.1) is 0 Å². The molecule has 20 heavy (non-hydrogen) atoms. The van der Waals surface area contributed by atoms with Crippen LogP contribution in [0.1, 0.15) is 23.7 Å². The van der Waals surface area contributed by atoms with Gasteiger partial charge in [0.05, 0.1) is 12.8 Å². The summed E-state index contributed by atoms with van der Waals surface area (Å²) in [6.07, 6.45) is 2.17. The number of rotatable bonds is 6. The lowest BCUT2D eigenvalue weighted by molar-refractivity contribution is 0.0522. The first-order valence-corrected chi connectivity index (χ1v) is 8.96. The summed E-state index contributed by atoms with van der Waals surface area (Å²) in [6, 6.07) is 0. The monoisotopic (exact) mass is 319 g/mol. The van der Waals surface area contributed by atoms with Crippen LogP contribution >= 0.6 is 11.8 Å². The van der Waals surface area contributed by atoms with Crippen LogP contribution in [0.5, 0.6) is 0 Å². The Balaban J connectivity index is 2.09. The van der Waals surface area contributed by atoms with Gasteiger partial charge in [0.25, 0.3) is 10.0 Å². The molecule has 0 saturated carbocycles. The molecular formula is C11H17N3O4S2. The zero-order valence-electron chi connectivity index (χ0n) is 11.1. The fourth-order valence-corrected chi connectivity index (χ4v) is 4.36. The molecule has 0 radical (unpaired) electrons. The van der Waals surface area contributed by atoms with Crippen LogP contribution in [0.25, 0.3) is 0 Å². The van der Waals surface area contributed by atoms with Gasteiger partial charge >= 0.3 is 5.97 Å². The molecule has 1 aliphatic rings. The summed E-state index contributed by atoms with van der Waals surface area (Å²) in [6.45, 7) is 2.20. The summed E-state index contributed by atoms with van der Waals surface area (Å²) in [5, 5.41) is 5.74. The Morgan fingerprint density at radius 3 is 3.10 bits per heavy atom. The molecule has 2 rings (SSSR count). The maximum Gasteiger partial charge on any atom is 0.342 e. The molecule has 0 amide bonds. The second-order valence-electron chi connectivity index (χ2n) is 4.41. The van der Waals surface area contributed by atoms with Crippen LogP contribution in [0, 0.1) is 5.92 Å². The van der Waals surface area contributed by atoms with Gasteiger partial charge in [0.15, 0.2) is 5.03 Å². The molecule has 1 aromatic rings. The van der Waals surface area contributed by atoms with Gasteiger partial charge in [-0.2, -0.15) is 16.9 Å². The van der Waals surface area contributed by atoms with Crippen LogP contribution in [-0.4, -0.2) is 49.2 Å². The van der Waals surface area contributed by atoms with E-state index in [1.165, 1.54) is 0 Å². The van der Waals surface area contributed by atoms with E-state index in [1.54, 1.807) is 6.92 Å². The highest BCUT2D eigenvalue weighted by molar-refractivity contribution is 7.99. The number of thioether (sulfide) groups is 1. The van der Waals surface area contributed by atoms with Crippen LogP contribution in [0.2, 0.25) is 0 Å². The van der Waals surface area contributed by atoms with Gasteiger partial charge in [-0.3, -0.25) is 5.10 Å². The fourth-order valence-electron chi connectivity index (χ4n) is 1.88. The molecule has 1 fully saturated rings. The van der Waals surface area contributed by atoms with Crippen molar-refractivity contribution in [3.8, 4) is 0 Å². The summed E-state index contributed by atoms with van der Waals surface area (Å²) in [5.41, 5.74) is -0.0693. The minimum absolute atomic E-state index is 0.0693. The Morgan fingerprint density at radius 2 is 2.45 bits per heavy atom. The van der Waals surface area contributed by atoms with Gasteiger partial charge in [-0.05, 0) is 30.8 Å². The minimum atomic E-state index is -3.78. The van der Waals surface area contributed by atoms with Crippen molar-refractivity contribution in [3.63, 3.8) is 0 Å². The first-order chi connectivity index (χ1) is 9.54. The number of carbonyl (C=O) groups is 1. The molecule has 1 aliphatic heterocycles. The number of hydrogen-bond acceptors (Lipinski definition) is 6. The van der Waals surface area contributed by atoms with Crippen molar-refractivity contribution in [2.75, 3.05) is 24.7 Å². The lowest BCUT2D eigenvalue weighted by Gasteiger charge is -2.10. The summed E-state index contributed by atoms with van der Waals surface area (Å²) in [7, 11) is -3.78. The zero-order chi connectivity index (χ0) is 14.6. The molecule has 0 aliphatic carbocycles. The van der Waals surface area contributed by atoms with Gasteiger partial charge in [-0.1, -0.05) is 0 Å². The average molecular weight is 319 g/mol. The van der Waals surface area contributed by atoms with Crippen molar-refractivity contribution >= 4 is 27.8 Å². The Labute approximate surface area is 121 Å². The van der Waals surface area contributed by atoms with Crippen LogP contribution in [0.4, 0.5) is 0 Å². The number of aromatic nitrogens is 2. The number of ether oxygens (including phenoxy) is 1. The van der Waals surface area contributed by atoms with Crippen LogP contribution in [0.15, 0.2) is 11.2 Å². The molecule has 9 heteroatoms. The van der Waals surface area contributed by atoms with E-state index >= 15 is 0 Å². The van der Waals surface area contributed by atoms with Gasteiger partial charge in [-0.25, -0.2) is 17.9 Å². The second kappa shape index (κ2) is 6.59. The van der Waals surface area contributed by atoms with Crippen molar-refractivity contribution in [1.82, 2.24) is 14.9 Å². The Bertz CT molecular complexity index is 564. The number of sulfonamides is 1. The molecule has 2 N–H and O–H groups in total. The van der Waals surface area contributed by atoms with Crippen molar-refractivity contribution in [2.45, 2.75) is 18.4 Å². The van der Waals surface area contributed by atoms with E-state index in [2.05, 4.69) is 14.9 Å². The molecule has 1 unspecified atom stereocenters. The largest absolute Gasteiger partial charge is 0.462 e. The molecule has 0 spiro atoms. The van der Waals surface area contributed by atoms with Crippen molar-refractivity contribution in [3.05, 3.63) is 11.8 Å². The number of hydrogen-bond donors (Lipinski definition) is 2. The molecule has 0 aromatic carbocycles. The van der Waals surface area contributed by atoms with E-state index in [0.29, 0.717) is 12.5 Å². The topological polar surface area (TPSA) is 101 Å². The first-order valence-electron chi connectivity index (χ1n) is 6.32. The molecule has 112 valence electrons. The molecular weight excluding hydrogens is 302 g/mol. The SMILES string of the molecule is CCOC(=O)c1cn[nH]c1S(=O)(=O)NCC1CCSC1. The van der Waals surface area contributed by atoms with Crippen LogP contribution in [-0.2, 0) is 14.8 Å². The summed E-state index contributed by atoms with van der Waals surface area (Å²) in [4.78, 5) is 11.7. The lowest BCUT2D eigenvalue weighted by atomic mass is 10.1. The van der Waals surface area contributed by atoms with Gasteiger partial charge in [0, 0.05) is 6.54 Å². The van der Waals surface area contributed by atoms with E-state index in [9.17, 15) is 13.2 Å². The smallest absolute Gasteiger partial charge is 0.342 e. The fraction of sp³-hybridized carbons (Fsp3) is 0.636. The second-order valence-corrected chi connectivity index (χ2v) is 7.27. The highest BCUT2D eigenvalue weighted by Crippen LogP contribution is 2.23. The molecule has 7 nitrogen and oxygen atoms in total. The summed E-state index contributed by atoms with van der Waals surface area (Å²) < 4.78 is 31.7. The third kappa shape index (κ3) is 3.53. The highest BCUT2D eigenvalue weighted by Gasteiger charge is 2.27. The van der Waals surface area contributed by atoms with E-state index < -0.39 is 16.0 Å². The van der Waals surface area contributed by atoms with Gasteiger partial charge < -0.3 is 4.74 Å². The van der Waals surface area contributed by atoms with Crippen LogP contribution < -0.4 is 4.72 Å². The van der Waals surface area contributed by atoms with Crippen molar-refractivity contribution < 1.29 is 17.9 Å². The van der Waals surface area contributed by atoms with E-state index in [4.69, 9.17) is 4.74 Å². The lowest BCUT2D eigenvalue weighted by Crippen LogP contribution is -2.30. The van der Waals surface area contributed by atoms with Crippen molar-refractivity contribution in [2.24, 2.45) is 5.92 Å². The predicted molar refractivity (Wildman–Crippen MR) is 75.2 cm³/mol. The predicted octanol–water partition coefficient (Wildman–Crippen LogP) is 0.618. The maximum absolute atomic E-state index is 12.2. The normalized spacial score (nSPS) is 19.1. The molecule has 2 heterocycles. The Morgan fingerprint density at radius 1 is 1.65 bits per heavy atom. The number of H-pyrrole nitrogens is 1. The maximum atomic E-state index is 12.2. The van der Waals surface area contributed by atoms with Crippen LogP contribution in [0.3, 0.4) is 0 Å². The number of aromatic amines is 1. The third-order valence-corrected chi connectivity index (χ3v) is 5.58. The molecule has 1 atom stereocenters. The Hall–Kier alpha value is -1.06. The van der Waals surface area contributed by atoms with E-state index in [0.717, 1.165) is 24.1 Å². The summed E-state index contributed by atoms with van der Waals surface area (Å²) >= 11 is 1.82. The quantitative estimate of drug-likeness (QED) is 0.745. The average Bonchev–Trinajstić information content (AvgIpc) is 3.08. The number of carbonyl (C=O) groups excluding carboxylic acids is 1. The van der Waals surface area contributed by atoms with E-state index in [-0.39, 0.29) is 17.2 Å². The van der Waals surface area contributed by atoms with Gasteiger partial charge in [0.2, 0.25) is 0 Å². The molecule has 1 aromatic heterocycles. The Kier molecular flexibility index (Phi) is 5.06. The van der Waals surface area contributed by atoms with Gasteiger partial charge in [0.1, 0.15) is 5.56 Å². The first kappa shape index (κ1) is 15.3. The standard InChI is InChI=1S/C11H17N3O4S2/c1-2-18-11(15)9-6-12-14-10(9)20(16,17)13-5-8-3-4-19-7-8/h6,8,13H,2-5,7H2,1H3,(H,12,14). The number of esters is 1. The van der Waals surface area contributed by atoms with Crippen molar-refractivity contribution in [1.29, 1.82) is 0 Å². The van der Waals surface area contributed by atoms with E-state index in [1.807, 2.05) is 11.8 Å². The zero-order valence-corrected chi connectivity index (χ0v) is 12.7. The number of nitrogens with zero attached hydrogens (tertiary/aromatic N) is 1. The summed E-state index contributed by atoms with van der Waals surface area (Å²) in [5.74, 6) is 1.66. The molecule has 0 bridgehead atoms. The highest BCUT2D eigenvalue weighted by atomic mass is 32.2. The minimum Gasteiger partial charge on any atom is -0.462 e. The third-order valence-electron chi connectivity index (χ3n) is 2.95. The number of nitrogens with one attached hydrogen (secondary N) is 2.